The van der Waals surface area contributed by atoms with E-state index in [9.17, 15) is 4.57 Å². The first kappa shape index (κ1) is 10.4. The van der Waals surface area contributed by atoms with Crippen molar-refractivity contribution in [3.05, 3.63) is 0 Å². The highest BCUT2D eigenvalue weighted by molar-refractivity contribution is 7.54. The van der Waals surface area contributed by atoms with Crippen LogP contribution in [0.15, 0.2) is 0 Å². The number of hydrogen-bond donors (Lipinski definition) is 2. The highest BCUT2D eigenvalue weighted by Crippen LogP contribution is 2.46. The molecule has 0 saturated carbocycles. The van der Waals surface area contributed by atoms with Crippen LogP contribution in [-0.2, 0) is 4.57 Å². The van der Waals surface area contributed by atoms with E-state index in [0.717, 1.165) is 0 Å². The average molecular weight is 187 g/mol. The molecule has 0 aromatic carbocycles. The van der Waals surface area contributed by atoms with Crippen molar-refractivity contribution in [1.82, 2.24) is 0 Å². The summed E-state index contributed by atoms with van der Waals surface area (Å²) in [6, 6.07) is 0. The summed E-state index contributed by atoms with van der Waals surface area (Å²) >= 11 is 5.39. The lowest BCUT2D eigenvalue weighted by atomic mass is 10.2. The molecule has 0 aromatic rings. The number of halogens is 1. The van der Waals surface area contributed by atoms with Gasteiger partial charge in [-0.25, -0.2) is 0 Å². The summed E-state index contributed by atoms with van der Waals surface area (Å²) in [7, 11) is -4.05. The van der Waals surface area contributed by atoms with Gasteiger partial charge in [0.25, 0.3) is 0 Å². The molecule has 0 radical (unpaired) electrons. The molecule has 0 aromatic heterocycles. The Labute approximate surface area is 65.6 Å². The van der Waals surface area contributed by atoms with Gasteiger partial charge in [-0.15, -0.1) is 11.6 Å². The van der Waals surface area contributed by atoms with Gasteiger partial charge in [-0.2, -0.15) is 0 Å². The minimum absolute atomic E-state index is 0.218. The van der Waals surface area contributed by atoms with Crippen molar-refractivity contribution in [3.8, 4) is 0 Å². The Morgan fingerprint density at radius 3 is 2.00 bits per heavy atom. The molecule has 2 N–H and O–H groups in total. The van der Waals surface area contributed by atoms with Gasteiger partial charge >= 0.3 is 7.60 Å². The molecule has 10 heavy (non-hydrogen) atoms. The summed E-state index contributed by atoms with van der Waals surface area (Å²) in [6.07, 6.45) is 0.353. The molecule has 1 atom stereocenters. The molecule has 3 nitrogen and oxygen atoms in total. The Hall–Kier alpha value is 0.440. The SMILES string of the molecule is CC(C)CC(Cl)P(=O)(O)O. The molecule has 0 bridgehead atoms. The molecule has 5 heteroatoms. The number of alkyl halides is 1. The topological polar surface area (TPSA) is 57.5 Å². The Bertz CT molecular complexity index is 142. The van der Waals surface area contributed by atoms with Crippen LogP contribution in [0, 0.1) is 5.92 Å². The molecule has 0 rings (SSSR count). The second-order valence-corrected chi connectivity index (χ2v) is 5.29. The van der Waals surface area contributed by atoms with Gasteiger partial charge in [0, 0.05) is 0 Å². The first-order valence-corrected chi connectivity index (χ1v) is 5.15. The van der Waals surface area contributed by atoms with Crippen molar-refractivity contribution >= 4 is 19.2 Å². The Kier molecular flexibility index (Phi) is 3.89. The molecule has 0 aliphatic carbocycles. The Morgan fingerprint density at radius 1 is 1.50 bits per heavy atom. The lowest BCUT2D eigenvalue weighted by Gasteiger charge is -2.12. The van der Waals surface area contributed by atoms with E-state index in [1.165, 1.54) is 0 Å². The van der Waals surface area contributed by atoms with Gasteiger partial charge in [0.2, 0.25) is 0 Å². The minimum Gasteiger partial charge on any atom is -0.323 e. The van der Waals surface area contributed by atoms with E-state index in [-0.39, 0.29) is 5.92 Å². The second-order valence-electron chi connectivity index (χ2n) is 2.65. The van der Waals surface area contributed by atoms with Crippen molar-refractivity contribution in [2.45, 2.75) is 25.4 Å². The zero-order chi connectivity index (χ0) is 8.36. The maximum atomic E-state index is 10.4. The molecule has 1 unspecified atom stereocenters. The fourth-order valence-corrected chi connectivity index (χ4v) is 1.58. The predicted molar refractivity (Wildman–Crippen MR) is 41.1 cm³/mol. The van der Waals surface area contributed by atoms with Gasteiger partial charge in [-0.1, -0.05) is 13.8 Å². The van der Waals surface area contributed by atoms with Crippen LogP contribution >= 0.6 is 19.2 Å². The summed E-state index contributed by atoms with van der Waals surface area (Å²) < 4.78 is 10.4. The van der Waals surface area contributed by atoms with Crippen molar-refractivity contribution in [2.75, 3.05) is 0 Å². The molecule has 0 saturated heterocycles. The van der Waals surface area contributed by atoms with Gasteiger partial charge in [0.15, 0.2) is 0 Å². The van der Waals surface area contributed by atoms with Gasteiger partial charge in [0.1, 0.15) is 5.12 Å². The smallest absolute Gasteiger partial charge is 0.323 e. The Balaban J connectivity index is 3.86. The minimum atomic E-state index is -4.05. The first-order chi connectivity index (χ1) is 4.34. The summed E-state index contributed by atoms with van der Waals surface area (Å²) in [5.74, 6) is 0.218. The van der Waals surface area contributed by atoms with Crippen LogP contribution in [0.4, 0.5) is 0 Å². The van der Waals surface area contributed by atoms with Crippen LogP contribution in [-0.4, -0.2) is 14.9 Å². The van der Waals surface area contributed by atoms with E-state index in [0.29, 0.717) is 6.42 Å². The lowest BCUT2D eigenvalue weighted by molar-refractivity contribution is 0.362. The Morgan fingerprint density at radius 2 is 1.90 bits per heavy atom. The largest absolute Gasteiger partial charge is 0.343 e. The van der Waals surface area contributed by atoms with E-state index in [4.69, 9.17) is 21.4 Å². The third-order valence-corrected chi connectivity index (χ3v) is 2.91. The van der Waals surface area contributed by atoms with E-state index >= 15 is 0 Å². The van der Waals surface area contributed by atoms with E-state index in [1.54, 1.807) is 0 Å². The summed E-state index contributed by atoms with van der Waals surface area (Å²) in [4.78, 5) is 17.0. The van der Waals surface area contributed by atoms with Crippen molar-refractivity contribution in [2.24, 2.45) is 5.92 Å². The highest BCUT2D eigenvalue weighted by Gasteiger charge is 2.26. The quantitative estimate of drug-likeness (QED) is 0.522. The van der Waals surface area contributed by atoms with E-state index < -0.39 is 12.7 Å². The van der Waals surface area contributed by atoms with Crippen molar-refractivity contribution in [1.29, 1.82) is 0 Å². The predicted octanol–water partition coefficient (Wildman–Crippen LogP) is 1.78. The maximum absolute atomic E-state index is 10.4. The van der Waals surface area contributed by atoms with Crippen LogP contribution < -0.4 is 0 Å². The third-order valence-electron chi connectivity index (χ3n) is 1.03. The fourth-order valence-electron chi connectivity index (χ4n) is 0.526. The average Bonchev–Trinajstić information content (AvgIpc) is 1.60. The zero-order valence-electron chi connectivity index (χ0n) is 5.99. The van der Waals surface area contributed by atoms with Crippen LogP contribution in [0.1, 0.15) is 20.3 Å². The van der Waals surface area contributed by atoms with Crippen LogP contribution in [0.25, 0.3) is 0 Å². The molecule has 0 amide bonds. The number of rotatable bonds is 3. The normalized spacial score (nSPS) is 15.8. The van der Waals surface area contributed by atoms with Crippen molar-refractivity contribution < 1.29 is 14.4 Å². The van der Waals surface area contributed by atoms with Gasteiger partial charge in [-0.05, 0) is 12.3 Å². The van der Waals surface area contributed by atoms with Crippen LogP contribution in [0.2, 0.25) is 0 Å². The molecule has 62 valence electrons. The maximum Gasteiger partial charge on any atom is 0.343 e. The zero-order valence-corrected chi connectivity index (χ0v) is 7.64. The molecule has 0 aliphatic rings. The third kappa shape index (κ3) is 4.29. The van der Waals surface area contributed by atoms with Gasteiger partial charge in [0.05, 0.1) is 0 Å². The number of hydrogen-bond acceptors (Lipinski definition) is 1. The van der Waals surface area contributed by atoms with Crippen LogP contribution in [0.5, 0.6) is 0 Å². The molecule has 0 spiro atoms. The molecular formula is C5H12ClO3P. The van der Waals surface area contributed by atoms with E-state index in [2.05, 4.69) is 0 Å². The van der Waals surface area contributed by atoms with E-state index in [1.807, 2.05) is 13.8 Å². The standard InChI is InChI=1S/C5H12ClO3P/c1-4(2)3-5(6)10(7,8)9/h4-5H,3H2,1-2H3,(H2,7,8,9). The molecule has 0 heterocycles. The van der Waals surface area contributed by atoms with Crippen LogP contribution in [0.3, 0.4) is 0 Å². The molecule has 0 aliphatic heterocycles. The highest BCUT2D eigenvalue weighted by atomic mass is 35.5. The van der Waals surface area contributed by atoms with Crippen molar-refractivity contribution in [3.63, 3.8) is 0 Å². The molecule has 0 fully saturated rings. The summed E-state index contributed by atoms with van der Waals surface area (Å²) in [5, 5.41) is -1.02. The summed E-state index contributed by atoms with van der Waals surface area (Å²) in [6.45, 7) is 3.73. The first-order valence-electron chi connectivity index (χ1n) is 3.03. The molecular weight excluding hydrogens is 174 g/mol. The summed E-state index contributed by atoms with van der Waals surface area (Å²) in [5.41, 5.74) is 0. The van der Waals surface area contributed by atoms with Gasteiger partial charge in [-0.3, -0.25) is 4.57 Å². The lowest BCUT2D eigenvalue weighted by Crippen LogP contribution is -2.03. The fraction of sp³-hybridized carbons (Fsp3) is 1.00. The monoisotopic (exact) mass is 186 g/mol. The van der Waals surface area contributed by atoms with Gasteiger partial charge < -0.3 is 9.79 Å². The second kappa shape index (κ2) is 3.72.